The lowest BCUT2D eigenvalue weighted by atomic mass is 10.2. The van der Waals surface area contributed by atoms with Gasteiger partial charge in [-0.25, -0.2) is 9.37 Å². The minimum Gasteiger partial charge on any atom is -0.489 e. The third-order valence-corrected chi connectivity index (χ3v) is 4.18. The highest BCUT2D eigenvalue weighted by molar-refractivity contribution is 6.30. The maximum absolute atomic E-state index is 13.2. The van der Waals surface area contributed by atoms with Gasteiger partial charge in [0.15, 0.2) is 0 Å². The normalized spacial score (nSPS) is 11.0. The van der Waals surface area contributed by atoms with E-state index in [2.05, 4.69) is 9.97 Å². The van der Waals surface area contributed by atoms with Crippen molar-refractivity contribution in [1.29, 1.82) is 0 Å². The Labute approximate surface area is 149 Å². The summed E-state index contributed by atoms with van der Waals surface area (Å²) in [6.07, 6.45) is 0. The molecule has 0 aliphatic carbocycles. The molecule has 0 spiro atoms. The van der Waals surface area contributed by atoms with Crippen LogP contribution in [0.2, 0.25) is 5.02 Å². The van der Waals surface area contributed by atoms with Gasteiger partial charge in [-0.3, -0.25) is 0 Å². The Kier molecular flexibility index (Phi) is 4.12. The first kappa shape index (κ1) is 15.7. The van der Waals surface area contributed by atoms with Gasteiger partial charge in [-0.15, -0.1) is 0 Å². The maximum atomic E-state index is 13.2. The van der Waals surface area contributed by atoms with Crippen LogP contribution in [0.5, 0.6) is 5.75 Å². The molecular weight excluding hydrogens is 339 g/mol. The Morgan fingerprint density at radius 1 is 1.00 bits per heavy atom. The Bertz CT molecular complexity index is 1010. The number of fused-ring (bicyclic) bond motifs is 1. The SMILES string of the molecule is Fc1ccc(COc2cccc(-c3nc4ccccc4[nH]3)c2)cc1Cl. The van der Waals surface area contributed by atoms with Crippen LogP contribution in [0.4, 0.5) is 4.39 Å². The van der Waals surface area contributed by atoms with Crippen molar-refractivity contribution in [3.63, 3.8) is 0 Å². The molecular formula is C20H14ClFN2O. The molecule has 3 nitrogen and oxygen atoms in total. The molecule has 3 aromatic carbocycles. The van der Waals surface area contributed by atoms with E-state index in [0.717, 1.165) is 28.0 Å². The number of aromatic nitrogens is 2. The van der Waals surface area contributed by atoms with E-state index < -0.39 is 5.82 Å². The van der Waals surface area contributed by atoms with E-state index in [0.29, 0.717) is 12.4 Å². The van der Waals surface area contributed by atoms with Gasteiger partial charge < -0.3 is 9.72 Å². The molecule has 0 atom stereocenters. The third kappa shape index (κ3) is 3.35. The summed E-state index contributed by atoms with van der Waals surface area (Å²) in [7, 11) is 0. The number of H-pyrrole nitrogens is 1. The van der Waals surface area contributed by atoms with Crippen LogP contribution in [0.3, 0.4) is 0 Å². The molecule has 1 aromatic heterocycles. The van der Waals surface area contributed by atoms with E-state index in [9.17, 15) is 4.39 Å². The minimum absolute atomic E-state index is 0.0946. The van der Waals surface area contributed by atoms with Gasteiger partial charge in [0.2, 0.25) is 0 Å². The summed E-state index contributed by atoms with van der Waals surface area (Å²) < 4.78 is 19.0. The van der Waals surface area contributed by atoms with Gasteiger partial charge in [0.25, 0.3) is 0 Å². The fourth-order valence-electron chi connectivity index (χ4n) is 2.62. The molecule has 0 fully saturated rings. The average molecular weight is 353 g/mol. The zero-order valence-corrected chi connectivity index (χ0v) is 13.9. The second-order valence-electron chi connectivity index (χ2n) is 5.67. The van der Waals surface area contributed by atoms with Gasteiger partial charge in [0.05, 0.1) is 16.1 Å². The summed E-state index contributed by atoms with van der Waals surface area (Å²) in [5, 5.41) is 0.0946. The van der Waals surface area contributed by atoms with Crippen LogP contribution in [0.1, 0.15) is 5.56 Å². The lowest BCUT2D eigenvalue weighted by Gasteiger charge is -2.08. The Hall–Kier alpha value is -2.85. The summed E-state index contributed by atoms with van der Waals surface area (Å²) in [4.78, 5) is 7.89. The third-order valence-electron chi connectivity index (χ3n) is 3.89. The number of nitrogens with one attached hydrogen (secondary N) is 1. The van der Waals surface area contributed by atoms with Gasteiger partial charge in [0, 0.05) is 5.56 Å². The number of halogens is 2. The second-order valence-corrected chi connectivity index (χ2v) is 6.07. The lowest BCUT2D eigenvalue weighted by Crippen LogP contribution is -1.96. The highest BCUT2D eigenvalue weighted by Crippen LogP contribution is 2.25. The van der Waals surface area contributed by atoms with E-state index in [4.69, 9.17) is 16.3 Å². The molecule has 0 saturated carbocycles. The van der Waals surface area contributed by atoms with Gasteiger partial charge in [-0.05, 0) is 42.0 Å². The van der Waals surface area contributed by atoms with E-state index in [1.807, 2.05) is 48.5 Å². The Morgan fingerprint density at radius 3 is 2.72 bits per heavy atom. The molecule has 5 heteroatoms. The predicted octanol–water partition coefficient (Wildman–Crippen LogP) is 5.60. The first-order chi connectivity index (χ1) is 12.2. The maximum Gasteiger partial charge on any atom is 0.141 e. The van der Waals surface area contributed by atoms with E-state index in [-0.39, 0.29) is 5.02 Å². The molecule has 0 aliphatic rings. The van der Waals surface area contributed by atoms with Crippen LogP contribution in [0, 0.1) is 5.82 Å². The van der Waals surface area contributed by atoms with Crippen LogP contribution in [0.25, 0.3) is 22.4 Å². The van der Waals surface area contributed by atoms with E-state index >= 15 is 0 Å². The van der Waals surface area contributed by atoms with Crippen molar-refractivity contribution in [2.45, 2.75) is 6.61 Å². The number of ether oxygens (including phenoxy) is 1. The monoisotopic (exact) mass is 352 g/mol. The quantitative estimate of drug-likeness (QED) is 0.519. The molecule has 4 aromatic rings. The number of hydrogen-bond acceptors (Lipinski definition) is 2. The van der Waals surface area contributed by atoms with Crippen molar-refractivity contribution in [3.05, 3.63) is 83.1 Å². The molecule has 1 heterocycles. The van der Waals surface area contributed by atoms with Crippen LogP contribution < -0.4 is 4.74 Å². The molecule has 25 heavy (non-hydrogen) atoms. The number of nitrogens with zero attached hydrogens (tertiary/aromatic N) is 1. The first-order valence-electron chi connectivity index (χ1n) is 7.81. The fourth-order valence-corrected chi connectivity index (χ4v) is 2.82. The van der Waals surface area contributed by atoms with Crippen molar-refractivity contribution in [3.8, 4) is 17.1 Å². The number of benzene rings is 3. The highest BCUT2D eigenvalue weighted by atomic mass is 35.5. The lowest BCUT2D eigenvalue weighted by molar-refractivity contribution is 0.306. The molecule has 0 amide bonds. The molecule has 0 saturated heterocycles. The molecule has 1 N–H and O–H groups in total. The average Bonchev–Trinajstić information content (AvgIpc) is 3.07. The van der Waals surface area contributed by atoms with Crippen LogP contribution >= 0.6 is 11.6 Å². The molecule has 0 unspecified atom stereocenters. The van der Waals surface area contributed by atoms with Crippen molar-refractivity contribution >= 4 is 22.6 Å². The van der Waals surface area contributed by atoms with Gasteiger partial charge in [0.1, 0.15) is 24.0 Å². The Balaban J connectivity index is 1.55. The summed E-state index contributed by atoms with van der Waals surface area (Å²) in [6.45, 7) is 0.309. The zero-order valence-electron chi connectivity index (χ0n) is 13.2. The first-order valence-corrected chi connectivity index (χ1v) is 8.19. The second kappa shape index (κ2) is 6.57. The molecule has 0 aliphatic heterocycles. The van der Waals surface area contributed by atoms with Gasteiger partial charge in [-0.2, -0.15) is 0 Å². The van der Waals surface area contributed by atoms with Crippen molar-refractivity contribution in [1.82, 2.24) is 9.97 Å². The molecule has 124 valence electrons. The van der Waals surface area contributed by atoms with E-state index in [1.54, 1.807) is 12.1 Å². The van der Waals surface area contributed by atoms with Gasteiger partial charge >= 0.3 is 0 Å². The summed E-state index contributed by atoms with van der Waals surface area (Å²) in [6, 6.07) is 20.1. The van der Waals surface area contributed by atoms with Crippen molar-refractivity contribution in [2.75, 3.05) is 0 Å². The topological polar surface area (TPSA) is 37.9 Å². The van der Waals surface area contributed by atoms with Gasteiger partial charge in [-0.1, -0.05) is 41.9 Å². The fraction of sp³-hybridized carbons (Fsp3) is 0.0500. The standard InChI is InChI=1S/C20H14ClFN2O/c21-16-10-13(8-9-17(16)22)12-25-15-5-3-4-14(11-15)20-23-18-6-1-2-7-19(18)24-20/h1-11H,12H2,(H,23,24). The number of aromatic amines is 1. The summed E-state index contributed by atoms with van der Waals surface area (Å²) in [5.41, 5.74) is 3.65. The predicted molar refractivity (Wildman–Crippen MR) is 97.3 cm³/mol. The number of imidazole rings is 1. The largest absolute Gasteiger partial charge is 0.489 e. The number of rotatable bonds is 4. The summed E-state index contributed by atoms with van der Waals surface area (Å²) >= 11 is 5.80. The van der Waals surface area contributed by atoms with Crippen molar-refractivity contribution in [2.24, 2.45) is 0 Å². The van der Waals surface area contributed by atoms with Crippen molar-refractivity contribution < 1.29 is 9.13 Å². The Morgan fingerprint density at radius 2 is 1.88 bits per heavy atom. The number of para-hydroxylation sites is 2. The molecule has 0 radical (unpaired) electrons. The highest BCUT2D eigenvalue weighted by Gasteiger charge is 2.07. The van der Waals surface area contributed by atoms with Crippen LogP contribution in [0.15, 0.2) is 66.7 Å². The smallest absolute Gasteiger partial charge is 0.141 e. The summed E-state index contributed by atoms with van der Waals surface area (Å²) in [5.74, 6) is 1.06. The number of hydrogen-bond donors (Lipinski definition) is 1. The molecule has 0 bridgehead atoms. The molecule has 4 rings (SSSR count). The van der Waals surface area contributed by atoms with Crippen LogP contribution in [-0.2, 0) is 6.61 Å². The zero-order chi connectivity index (χ0) is 17.2. The minimum atomic E-state index is -0.433. The van der Waals surface area contributed by atoms with Crippen LogP contribution in [-0.4, -0.2) is 9.97 Å². The van der Waals surface area contributed by atoms with E-state index in [1.165, 1.54) is 6.07 Å².